The van der Waals surface area contributed by atoms with Gasteiger partial charge in [0, 0.05) is 12.6 Å². The minimum atomic E-state index is -2.25. The molecular weight excluding hydrogens is 560 g/mol. The Kier molecular flexibility index (Phi) is 10.4. The molecule has 0 unspecified atom stereocenters. The average molecular weight is 601 g/mol. The normalized spacial score (nSPS) is 24.7. The average Bonchev–Trinajstić information content (AvgIpc) is 2.97. The lowest BCUT2D eigenvalue weighted by molar-refractivity contribution is -0.311. The van der Waals surface area contributed by atoms with Crippen molar-refractivity contribution in [1.82, 2.24) is 10.6 Å². The van der Waals surface area contributed by atoms with Crippen LogP contribution in [-0.4, -0.2) is 87.9 Å². The van der Waals surface area contributed by atoms with Crippen LogP contribution in [0, 0.1) is 11.8 Å². The van der Waals surface area contributed by atoms with Gasteiger partial charge in [0.25, 0.3) is 0 Å². The van der Waals surface area contributed by atoms with Gasteiger partial charge in [-0.2, -0.15) is 0 Å². The van der Waals surface area contributed by atoms with E-state index in [2.05, 4.69) is 31.4 Å². The quantitative estimate of drug-likeness (QED) is 0.141. The first-order valence-electron chi connectivity index (χ1n) is 14.4. The Bertz CT molecular complexity index is 1440. The van der Waals surface area contributed by atoms with Gasteiger partial charge in [-0.15, -0.1) is 0 Å². The zero-order chi connectivity index (χ0) is 31.3. The number of carboxylic acids is 1. The van der Waals surface area contributed by atoms with E-state index in [-0.39, 0.29) is 45.9 Å². The highest BCUT2D eigenvalue weighted by Crippen LogP contribution is 2.33. The Morgan fingerprint density at radius 1 is 1.09 bits per heavy atom. The molecule has 0 spiro atoms. The van der Waals surface area contributed by atoms with Crippen molar-refractivity contribution < 1.29 is 44.2 Å². The molecule has 0 saturated carbocycles. The van der Waals surface area contributed by atoms with E-state index < -0.39 is 36.2 Å². The van der Waals surface area contributed by atoms with Crippen molar-refractivity contribution >= 4 is 16.9 Å². The van der Waals surface area contributed by atoms with Crippen molar-refractivity contribution in [2.45, 2.75) is 57.4 Å². The molecule has 0 bridgehead atoms. The molecule has 43 heavy (non-hydrogen) atoms. The molecule has 0 aliphatic carbocycles. The second-order valence-electron chi connectivity index (χ2n) is 11.3. The third-order valence-electron chi connectivity index (χ3n) is 7.83. The first-order chi connectivity index (χ1) is 20.5. The molecule has 234 valence electrons. The Labute approximate surface area is 248 Å². The number of aromatic hydroxyl groups is 1. The summed E-state index contributed by atoms with van der Waals surface area (Å²) in [6.45, 7) is 8.00. The second-order valence-corrected chi connectivity index (χ2v) is 11.3. The van der Waals surface area contributed by atoms with Crippen molar-refractivity contribution in [1.29, 1.82) is 0 Å². The van der Waals surface area contributed by atoms with Crippen LogP contribution in [0.1, 0.15) is 27.2 Å². The van der Waals surface area contributed by atoms with Gasteiger partial charge in [0.15, 0.2) is 17.1 Å². The second kappa shape index (κ2) is 13.8. The van der Waals surface area contributed by atoms with Crippen LogP contribution in [0.5, 0.6) is 11.5 Å². The summed E-state index contributed by atoms with van der Waals surface area (Å²) < 4.78 is 17.1. The Morgan fingerprint density at radius 2 is 1.79 bits per heavy atom. The van der Waals surface area contributed by atoms with E-state index in [0.717, 1.165) is 19.5 Å². The molecule has 2 heterocycles. The maximum Gasteiger partial charge on any atom is 0.335 e. The zero-order valence-corrected chi connectivity index (χ0v) is 24.4. The summed E-state index contributed by atoms with van der Waals surface area (Å²) in [5, 5.41) is 58.9. The van der Waals surface area contributed by atoms with Gasteiger partial charge in [0.1, 0.15) is 35.6 Å². The fourth-order valence-corrected chi connectivity index (χ4v) is 5.07. The molecular formula is C31H40N2O10. The van der Waals surface area contributed by atoms with Crippen molar-refractivity contribution in [3.8, 4) is 22.6 Å². The summed E-state index contributed by atoms with van der Waals surface area (Å²) in [6, 6.07) is 10.4. The van der Waals surface area contributed by atoms with Crippen LogP contribution >= 0.6 is 0 Å². The summed E-state index contributed by atoms with van der Waals surface area (Å²) in [5.74, 6) is -0.934. The molecule has 0 radical (unpaired) electrons. The van der Waals surface area contributed by atoms with E-state index in [1.165, 1.54) is 36.6 Å². The minimum Gasteiger partial charge on any atom is -0.508 e. The molecule has 1 aliphatic rings. The SMILES string of the molecule is CCCNC[C@H](CNC[C@@]1(O)[C@H](Oc2ccc3c(=O)c(-c4ccc(O)cc4)coc3c2)O[C@H](C(=O)O)[C@@H](O)[C@@H]1O)C(C)C. The molecule has 4 rings (SSSR count). The largest absolute Gasteiger partial charge is 0.508 e. The van der Waals surface area contributed by atoms with Crippen LogP contribution in [-0.2, 0) is 9.53 Å². The third kappa shape index (κ3) is 7.18. The highest BCUT2D eigenvalue weighted by atomic mass is 16.7. The highest BCUT2D eigenvalue weighted by molar-refractivity contribution is 5.82. The molecule has 7 N–H and O–H groups in total. The molecule has 12 nitrogen and oxygen atoms in total. The summed E-state index contributed by atoms with van der Waals surface area (Å²) in [4.78, 5) is 24.9. The molecule has 1 saturated heterocycles. The summed E-state index contributed by atoms with van der Waals surface area (Å²) in [5.41, 5.74) is -1.59. The lowest BCUT2D eigenvalue weighted by Crippen LogP contribution is -2.71. The Hall–Kier alpha value is -3.52. The topological polar surface area (TPSA) is 191 Å². The molecule has 1 fully saturated rings. The van der Waals surface area contributed by atoms with Crippen molar-refractivity contribution in [2.24, 2.45) is 11.8 Å². The predicted molar refractivity (Wildman–Crippen MR) is 158 cm³/mol. The number of hydrogen-bond acceptors (Lipinski definition) is 11. The van der Waals surface area contributed by atoms with Gasteiger partial charge in [-0.3, -0.25) is 4.79 Å². The van der Waals surface area contributed by atoms with Crippen molar-refractivity contribution in [2.75, 3.05) is 26.2 Å². The Morgan fingerprint density at radius 3 is 2.44 bits per heavy atom. The minimum absolute atomic E-state index is 0.0577. The lowest BCUT2D eigenvalue weighted by Gasteiger charge is -2.47. The number of phenols is 1. The summed E-state index contributed by atoms with van der Waals surface area (Å²) >= 11 is 0. The first-order valence-corrected chi connectivity index (χ1v) is 14.4. The molecule has 6 atom stereocenters. The van der Waals surface area contributed by atoms with Crippen molar-refractivity contribution in [3.63, 3.8) is 0 Å². The first kappa shape index (κ1) is 32.4. The van der Waals surface area contributed by atoms with Crippen LogP contribution in [0.2, 0.25) is 0 Å². The number of nitrogens with one attached hydrogen (secondary N) is 2. The van der Waals surface area contributed by atoms with Gasteiger partial charge >= 0.3 is 5.97 Å². The van der Waals surface area contributed by atoms with E-state index in [4.69, 9.17) is 13.9 Å². The monoisotopic (exact) mass is 600 g/mol. The van der Waals surface area contributed by atoms with E-state index in [1.807, 2.05) is 0 Å². The Balaban J connectivity index is 1.58. The van der Waals surface area contributed by atoms with E-state index in [0.29, 0.717) is 18.0 Å². The van der Waals surface area contributed by atoms with E-state index in [9.17, 15) is 35.1 Å². The number of aliphatic hydroxyl groups excluding tert-OH is 2. The standard InChI is InChI=1S/C31H40N2O10/c1-4-11-32-13-19(17(2)3)14-33-16-31(40)28(37)26(36)27(29(38)39)43-30(31)42-21-9-10-22-24(12-21)41-15-23(25(22)35)18-5-7-20(34)8-6-18/h5-10,12,15,17,19,26-28,30,32-34,36-37,40H,4,11,13-14,16H2,1-3H3,(H,38,39)/t19-,26-,27+,28+,30-,31+/m1/s1. The van der Waals surface area contributed by atoms with Crippen LogP contribution in [0.25, 0.3) is 22.1 Å². The maximum atomic E-state index is 13.2. The number of aliphatic hydroxyl groups is 3. The summed E-state index contributed by atoms with van der Waals surface area (Å²) in [7, 11) is 0. The number of phenolic OH excluding ortho intramolecular Hbond substituents is 1. The van der Waals surface area contributed by atoms with Crippen molar-refractivity contribution in [3.05, 3.63) is 59.0 Å². The maximum absolute atomic E-state index is 13.2. The lowest BCUT2D eigenvalue weighted by atomic mass is 9.85. The van der Waals surface area contributed by atoms with Gasteiger partial charge in [-0.25, -0.2) is 4.79 Å². The van der Waals surface area contributed by atoms with Crippen LogP contribution < -0.4 is 20.8 Å². The number of benzene rings is 2. The van der Waals surface area contributed by atoms with Gasteiger partial charge in [0.2, 0.25) is 6.29 Å². The molecule has 2 aromatic carbocycles. The summed E-state index contributed by atoms with van der Waals surface area (Å²) in [6.07, 6.45) is -5.17. The third-order valence-corrected chi connectivity index (χ3v) is 7.83. The molecule has 12 heteroatoms. The molecule has 1 aromatic heterocycles. The fraction of sp³-hybridized carbons (Fsp3) is 0.484. The van der Waals surface area contributed by atoms with Crippen LogP contribution in [0.3, 0.4) is 0 Å². The van der Waals surface area contributed by atoms with Gasteiger partial charge in [0.05, 0.1) is 10.9 Å². The molecule has 1 aliphatic heterocycles. The number of hydrogen-bond donors (Lipinski definition) is 7. The number of rotatable bonds is 13. The predicted octanol–water partition coefficient (Wildman–Crippen LogP) is 1.67. The number of fused-ring (bicyclic) bond motifs is 1. The number of carbonyl (C=O) groups is 1. The van der Waals surface area contributed by atoms with Gasteiger partial charge in [-0.05, 0) is 67.7 Å². The number of ether oxygens (including phenoxy) is 2. The number of carboxylic acid groups (broad SMARTS) is 1. The van der Waals surface area contributed by atoms with Gasteiger partial charge in [-0.1, -0.05) is 32.9 Å². The van der Waals surface area contributed by atoms with Crippen LogP contribution in [0.4, 0.5) is 0 Å². The zero-order valence-electron chi connectivity index (χ0n) is 24.4. The number of aliphatic carboxylic acids is 1. The van der Waals surface area contributed by atoms with Gasteiger partial charge < -0.3 is 50.1 Å². The smallest absolute Gasteiger partial charge is 0.335 e. The van der Waals surface area contributed by atoms with E-state index >= 15 is 0 Å². The fourth-order valence-electron chi connectivity index (χ4n) is 5.07. The highest BCUT2D eigenvalue weighted by Gasteiger charge is 2.58. The molecule has 0 amide bonds. The van der Waals surface area contributed by atoms with E-state index in [1.54, 1.807) is 12.1 Å². The molecule has 3 aromatic rings. The van der Waals surface area contributed by atoms with Crippen LogP contribution in [0.15, 0.2) is 57.9 Å².